The lowest BCUT2D eigenvalue weighted by molar-refractivity contribution is -0.138. The molecule has 31 heavy (non-hydrogen) atoms. The summed E-state index contributed by atoms with van der Waals surface area (Å²) in [5.41, 5.74) is 0.635. The maximum absolute atomic E-state index is 12.9. The van der Waals surface area contributed by atoms with Crippen molar-refractivity contribution in [1.82, 2.24) is 20.5 Å². The van der Waals surface area contributed by atoms with Crippen molar-refractivity contribution in [2.75, 3.05) is 26.2 Å². The number of piperidine rings is 2. The number of carbonyl (C=O) groups is 3. The zero-order valence-electron chi connectivity index (χ0n) is 17.7. The first-order chi connectivity index (χ1) is 14.9. The van der Waals surface area contributed by atoms with Gasteiger partial charge in [0.1, 0.15) is 0 Å². The molecule has 3 rings (SSSR count). The van der Waals surface area contributed by atoms with Gasteiger partial charge in [0.15, 0.2) is 0 Å². The molecule has 0 radical (unpaired) electrons. The van der Waals surface area contributed by atoms with Gasteiger partial charge in [-0.1, -0.05) is 0 Å². The van der Waals surface area contributed by atoms with Gasteiger partial charge in [-0.25, -0.2) is 0 Å². The summed E-state index contributed by atoms with van der Waals surface area (Å²) >= 11 is 3.34. The van der Waals surface area contributed by atoms with E-state index in [2.05, 4.69) is 31.5 Å². The fourth-order valence-electron chi connectivity index (χ4n) is 4.41. The van der Waals surface area contributed by atoms with E-state index in [4.69, 9.17) is 0 Å². The molecule has 2 aliphatic heterocycles. The number of aliphatic carboxylic acids is 1. The first-order valence-corrected chi connectivity index (χ1v) is 11.8. The summed E-state index contributed by atoms with van der Waals surface area (Å²) in [6, 6.07) is 1.10. The Labute approximate surface area is 191 Å². The van der Waals surface area contributed by atoms with Gasteiger partial charge < -0.3 is 20.6 Å². The number of hydrogen-bond acceptors (Lipinski definition) is 5. The van der Waals surface area contributed by atoms with E-state index in [0.717, 1.165) is 43.2 Å². The highest BCUT2D eigenvalue weighted by Gasteiger charge is 2.30. The van der Waals surface area contributed by atoms with Gasteiger partial charge in [0, 0.05) is 36.4 Å². The number of halogens is 1. The number of hydrogen-bond donors (Lipinski definition) is 3. The SMILES string of the molecule is O=C(O)C[C@H](NC(=O)[C@@H]1CCCN(C(=O)CCC2CCNCC2)C1)c1cncc(Br)c1. The van der Waals surface area contributed by atoms with Crippen molar-refractivity contribution in [3.05, 3.63) is 28.5 Å². The van der Waals surface area contributed by atoms with Crippen molar-refractivity contribution in [3.8, 4) is 0 Å². The van der Waals surface area contributed by atoms with Crippen molar-refractivity contribution in [3.63, 3.8) is 0 Å². The number of rotatable bonds is 8. The van der Waals surface area contributed by atoms with Crippen molar-refractivity contribution >= 4 is 33.7 Å². The number of nitrogens with zero attached hydrogens (tertiary/aromatic N) is 2. The van der Waals surface area contributed by atoms with Crippen molar-refractivity contribution < 1.29 is 19.5 Å². The lowest BCUT2D eigenvalue weighted by Crippen LogP contribution is -2.46. The fourth-order valence-corrected chi connectivity index (χ4v) is 4.79. The lowest BCUT2D eigenvalue weighted by Gasteiger charge is -2.33. The van der Waals surface area contributed by atoms with Crippen LogP contribution in [0.5, 0.6) is 0 Å². The summed E-state index contributed by atoms with van der Waals surface area (Å²) in [5, 5.41) is 15.5. The first kappa shape index (κ1) is 23.7. The quantitative estimate of drug-likeness (QED) is 0.511. The molecular weight excluding hydrogens is 464 g/mol. The fraction of sp³-hybridized carbons (Fsp3) is 0.636. The minimum absolute atomic E-state index is 0.120. The Morgan fingerprint density at radius 3 is 2.74 bits per heavy atom. The molecule has 3 N–H and O–H groups in total. The zero-order chi connectivity index (χ0) is 22.2. The Bertz CT molecular complexity index is 785. The third-order valence-corrected chi connectivity index (χ3v) is 6.63. The Hall–Kier alpha value is -2.00. The monoisotopic (exact) mass is 494 g/mol. The molecule has 0 bridgehead atoms. The van der Waals surface area contributed by atoms with Crippen LogP contribution in [0.3, 0.4) is 0 Å². The number of carboxylic acid groups (broad SMARTS) is 1. The van der Waals surface area contributed by atoms with Crippen LogP contribution in [0.15, 0.2) is 22.9 Å². The summed E-state index contributed by atoms with van der Waals surface area (Å²) in [7, 11) is 0. The Kier molecular flexibility index (Phi) is 8.83. The molecule has 9 heteroatoms. The zero-order valence-corrected chi connectivity index (χ0v) is 19.3. The summed E-state index contributed by atoms with van der Waals surface area (Å²) in [6.07, 6.45) is 8.10. The molecule has 2 fully saturated rings. The van der Waals surface area contributed by atoms with Gasteiger partial charge in [-0.15, -0.1) is 0 Å². The van der Waals surface area contributed by atoms with Crippen molar-refractivity contribution in [1.29, 1.82) is 0 Å². The van der Waals surface area contributed by atoms with Crippen LogP contribution in [-0.4, -0.2) is 59.0 Å². The summed E-state index contributed by atoms with van der Waals surface area (Å²) in [5.74, 6) is -0.808. The smallest absolute Gasteiger partial charge is 0.305 e. The van der Waals surface area contributed by atoms with Crippen LogP contribution < -0.4 is 10.6 Å². The van der Waals surface area contributed by atoms with Gasteiger partial charge in [-0.3, -0.25) is 19.4 Å². The van der Waals surface area contributed by atoms with Crippen molar-refractivity contribution in [2.24, 2.45) is 11.8 Å². The summed E-state index contributed by atoms with van der Waals surface area (Å²) in [4.78, 5) is 42.9. The van der Waals surface area contributed by atoms with E-state index < -0.39 is 12.0 Å². The molecule has 2 saturated heterocycles. The summed E-state index contributed by atoms with van der Waals surface area (Å²) in [6.45, 7) is 3.13. The van der Waals surface area contributed by atoms with E-state index in [1.165, 1.54) is 0 Å². The highest BCUT2D eigenvalue weighted by molar-refractivity contribution is 9.10. The number of nitrogens with one attached hydrogen (secondary N) is 2. The average molecular weight is 495 g/mol. The van der Waals surface area contributed by atoms with E-state index in [1.54, 1.807) is 18.5 Å². The molecular formula is C22H31BrN4O4. The molecule has 2 aliphatic rings. The highest BCUT2D eigenvalue weighted by Crippen LogP contribution is 2.24. The number of carboxylic acids is 1. The molecule has 0 spiro atoms. The van der Waals surface area contributed by atoms with Crippen molar-refractivity contribution in [2.45, 2.75) is 51.0 Å². The lowest BCUT2D eigenvalue weighted by atomic mass is 9.92. The number of pyridine rings is 1. The standard InChI is InChI=1S/C22H31BrN4O4/c23-18-10-17(12-25-13-18)19(11-21(29)30)26-22(31)16-2-1-9-27(14-16)20(28)4-3-15-5-7-24-8-6-15/h10,12-13,15-16,19,24H,1-9,11,14H2,(H,26,31)(H,29,30)/t16-,19+/m1/s1. The average Bonchev–Trinajstić information content (AvgIpc) is 2.77. The number of aromatic nitrogens is 1. The number of likely N-dealkylation sites (tertiary alicyclic amines) is 1. The van der Waals surface area contributed by atoms with E-state index in [1.807, 2.05) is 4.90 Å². The molecule has 0 aliphatic carbocycles. The minimum Gasteiger partial charge on any atom is -0.481 e. The van der Waals surface area contributed by atoms with Crippen LogP contribution >= 0.6 is 15.9 Å². The third-order valence-electron chi connectivity index (χ3n) is 6.19. The summed E-state index contributed by atoms with van der Waals surface area (Å²) < 4.78 is 0.720. The van der Waals surface area contributed by atoms with Crippen LogP contribution in [0.25, 0.3) is 0 Å². The maximum Gasteiger partial charge on any atom is 0.305 e. The van der Waals surface area contributed by atoms with Gasteiger partial charge in [-0.2, -0.15) is 0 Å². The van der Waals surface area contributed by atoms with Crippen LogP contribution in [-0.2, 0) is 14.4 Å². The molecule has 3 heterocycles. The topological polar surface area (TPSA) is 112 Å². The Morgan fingerprint density at radius 2 is 2.03 bits per heavy atom. The van der Waals surface area contributed by atoms with Gasteiger partial charge in [-0.05, 0) is 78.7 Å². The molecule has 0 saturated carbocycles. The Balaban J connectivity index is 1.55. The van der Waals surface area contributed by atoms with Crippen LogP contribution in [0, 0.1) is 11.8 Å². The molecule has 2 atom stereocenters. The van der Waals surface area contributed by atoms with Gasteiger partial charge in [0.2, 0.25) is 11.8 Å². The van der Waals surface area contributed by atoms with E-state index in [-0.39, 0.29) is 24.2 Å². The molecule has 1 aromatic heterocycles. The molecule has 0 aromatic carbocycles. The number of amides is 2. The predicted octanol–water partition coefficient (Wildman–Crippen LogP) is 2.49. The van der Waals surface area contributed by atoms with E-state index >= 15 is 0 Å². The van der Waals surface area contributed by atoms with Gasteiger partial charge in [0.25, 0.3) is 0 Å². The molecule has 0 unspecified atom stereocenters. The van der Waals surface area contributed by atoms with E-state index in [0.29, 0.717) is 37.4 Å². The number of carbonyl (C=O) groups excluding carboxylic acids is 2. The van der Waals surface area contributed by atoms with Gasteiger partial charge >= 0.3 is 5.97 Å². The highest BCUT2D eigenvalue weighted by atomic mass is 79.9. The van der Waals surface area contributed by atoms with Crippen LogP contribution in [0.2, 0.25) is 0 Å². The second-order valence-electron chi connectivity index (χ2n) is 8.51. The minimum atomic E-state index is -0.997. The second-order valence-corrected chi connectivity index (χ2v) is 9.42. The molecule has 170 valence electrons. The normalized spacial score (nSPS) is 20.8. The largest absolute Gasteiger partial charge is 0.481 e. The Morgan fingerprint density at radius 1 is 1.26 bits per heavy atom. The van der Waals surface area contributed by atoms with Crippen LogP contribution in [0.1, 0.15) is 56.6 Å². The van der Waals surface area contributed by atoms with Crippen LogP contribution in [0.4, 0.5) is 0 Å². The molecule has 2 amide bonds. The third kappa shape index (κ3) is 7.28. The van der Waals surface area contributed by atoms with E-state index in [9.17, 15) is 19.5 Å². The molecule has 8 nitrogen and oxygen atoms in total. The first-order valence-electron chi connectivity index (χ1n) is 11.0. The second kappa shape index (κ2) is 11.6. The van der Waals surface area contributed by atoms with Gasteiger partial charge in [0.05, 0.1) is 18.4 Å². The molecule has 1 aromatic rings. The predicted molar refractivity (Wildman–Crippen MR) is 119 cm³/mol. The maximum atomic E-state index is 12.9.